The van der Waals surface area contributed by atoms with Gasteiger partial charge in [0, 0.05) is 6.54 Å². The second-order valence-electron chi connectivity index (χ2n) is 5.79. The number of esters is 1. The van der Waals surface area contributed by atoms with Gasteiger partial charge in [-0.25, -0.2) is 9.18 Å². The minimum Gasteiger partial charge on any atom is -0.493 e. The van der Waals surface area contributed by atoms with E-state index in [0.717, 1.165) is 24.9 Å². The molecule has 0 bridgehead atoms. The molecule has 148 valence electrons. The molecule has 0 aliphatic heterocycles. The number of carbonyl (C=O) groups is 1. The van der Waals surface area contributed by atoms with Crippen molar-refractivity contribution >= 4 is 29.5 Å². The number of rotatable bonds is 8. The van der Waals surface area contributed by atoms with Crippen LogP contribution in [-0.2, 0) is 0 Å². The first kappa shape index (κ1) is 21.3. The van der Waals surface area contributed by atoms with Crippen molar-refractivity contribution in [1.82, 2.24) is 10.7 Å². The summed E-state index contributed by atoms with van der Waals surface area (Å²) in [6.07, 6.45) is 3.68. The summed E-state index contributed by atoms with van der Waals surface area (Å²) >= 11 is 5.11. The molecule has 0 aliphatic rings. The Morgan fingerprint density at radius 2 is 1.96 bits per heavy atom. The second-order valence-corrected chi connectivity index (χ2v) is 6.19. The third-order valence-corrected chi connectivity index (χ3v) is 3.90. The van der Waals surface area contributed by atoms with E-state index in [-0.39, 0.29) is 11.3 Å². The number of hydrazone groups is 1. The molecule has 0 amide bonds. The average molecular weight is 403 g/mol. The number of thiocarbonyl (C=S) groups is 1. The van der Waals surface area contributed by atoms with Crippen molar-refractivity contribution in [3.05, 3.63) is 59.4 Å². The molecule has 0 saturated carbocycles. The number of nitrogens with one attached hydrogen (secondary N) is 2. The molecule has 0 aliphatic carbocycles. The molecule has 0 atom stereocenters. The zero-order valence-corrected chi connectivity index (χ0v) is 16.5. The monoisotopic (exact) mass is 403 g/mol. The van der Waals surface area contributed by atoms with Crippen molar-refractivity contribution in [1.29, 1.82) is 0 Å². The summed E-state index contributed by atoms with van der Waals surface area (Å²) in [5, 5.41) is 7.55. The van der Waals surface area contributed by atoms with E-state index >= 15 is 0 Å². The van der Waals surface area contributed by atoms with Crippen LogP contribution in [0.2, 0.25) is 0 Å². The number of benzene rings is 2. The van der Waals surface area contributed by atoms with Crippen LogP contribution >= 0.6 is 12.2 Å². The summed E-state index contributed by atoms with van der Waals surface area (Å²) in [5.41, 5.74) is 3.70. The highest BCUT2D eigenvalue weighted by atomic mass is 32.1. The average Bonchev–Trinajstić information content (AvgIpc) is 2.69. The Labute approximate surface area is 168 Å². The molecular formula is C20H22FN3O3S. The Morgan fingerprint density at radius 3 is 2.64 bits per heavy atom. The smallest absolute Gasteiger partial charge is 0.343 e. The fourth-order valence-electron chi connectivity index (χ4n) is 2.18. The van der Waals surface area contributed by atoms with E-state index in [0.29, 0.717) is 10.9 Å². The maximum absolute atomic E-state index is 13.0. The Kier molecular flexibility index (Phi) is 8.36. The normalized spacial score (nSPS) is 10.5. The van der Waals surface area contributed by atoms with Crippen LogP contribution in [0.3, 0.4) is 0 Å². The molecule has 0 spiro atoms. The zero-order valence-electron chi connectivity index (χ0n) is 15.7. The van der Waals surface area contributed by atoms with Gasteiger partial charge in [-0.3, -0.25) is 5.43 Å². The van der Waals surface area contributed by atoms with Crippen molar-refractivity contribution < 1.29 is 18.7 Å². The number of unbranched alkanes of at least 4 members (excludes halogenated alkanes) is 1. The molecule has 28 heavy (non-hydrogen) atoms. The van der Waals surface area contributed by atoms with Crippen LogP contribution in [-0.4, -0.2) is 31.0 Å². The SMILES string of the molecule is CCCCNC(=S)NN=Cc1ccc(OC(=O)c2ccc(F)cc2)c(OC)c1. The summed E-state index contributed by atoms with van der Waals surface area (Å²) in [5.74, 6) is -0.418. The third-order valence-electron chi connectivity index (χ3n) is 3.67. The van der Waals surface area contributed by atoms with Crippen LogP contribution in [0.4, 0.5) is 4.39 Å². The zero-order chi connectivity index (χ0) is 20.4. The summed E-state index contributed by atoms with van der Waals surface area (Å²) in [6, 6.07) is 10.1. The number of carbonyl (C=O) groups excluding carboxylic acids is 1. The second kappa shape index (κ2) is 11.0. The Balaban J connectivity index is 1.99. The number of halogens is 1. The molecular weight excluding hydrogens is 381 g/mol. The number of hydrogen-bond donors (Lipinski definition) is 2. The molecule has 2 aromatic rings. The highest BCUT2D eigenvalue weighted by Crippen LogP contribution is 2.28. The largest absolute Gasteiger partial charge is 0.493 e. The van der Waals surface area contributed by atoms with Gasteiger partial charge in [0.25, 0.3) is 0 Å². The van der Waals surface area contributed by atoms with Gasteiger partial charge in [0.2, 0.25) is 0 Å². The maximum Gasteiger partial charge on any atom is 0.343 e. The van der Waals surface area contributed by atoms with Crippen LogP contribution in [0.1, 0.15) is 35.7 Å². The minimum atomic E-state index is -0.607. The molecule has 8 heteroatoms. The summed E-state index contributed by atoms with van der Waals surface area (Å²) in [7, 11) is 1.47. The van der Waals surface area contributed by atoms with Gasteiger partial charge in [0.1, 0.15) is 5.82 Å². The predicted molar refractivity (Wildman–Crippen MR) is 111 cm³/mol. The van der Waals surface area contributed by atoms with Crippen molar-refractivity contribution in [3.63, 3.8) is 0 Å². The number of ether oxygens (including phenoxy) is 2. The van der Waals surface area contributed by atoms with Crippen LogP contribution in [0.15, 0.2) is 47.6 Å². The summed E-state index contributed by atoms with van der Waals surface area (Å²) in [4.78, 5) is 12.2. The van der Waals surface area contributed by atoms with Gasteiger partial charge in [-0.15, -0.1) is 0 Å². The van der Waals surface area contributed by atoms with Gasteiger partial charge in [-0.2, -0.15) is 5.10 Å². The first-order valence-electron chi connectivity index (χ1n) is 8.76. The highest BCUT2D eigenvalue weighted by molar-refractivity contribution is 7.80. The lowest BCUT2D eigenvalue weighted by atomic mass is 10.2. The van der Waals surface area contributed by atoms with Crippen LogP contribution in [0, 0.1) is 5.82 Å². The van der Waals surface area contributed by atoms with Gasteiger partial charge in [-0.1, -0.05) is 13.3 Å². The van der Waals surface area contributed by atoms with Gasteiger partial charge in [0.15, 0.2) is 16.6 Å². The van der Waals surface area contributed by atoms with Crippen molar-refractivity contribution in [2.24, 2.45) is 5.10 Å². The van der Waals surface area contributed by atoms with Gasteiger partial charge < -0.3 is 14.8 Å². The number of hydrogen-bond acceptors (Lipinski definition) is 5. The Bertz CT molecular complexity index is 841. The lowest BCUT2D eigenvalue weighted by Gasteiger charge is -2.10. The number of nitrogens with zero attached hydrogens (tertiary/aromatic N) is 1. The fraction of sp³-hybridized carbons (Fsp3) is 0.250. The van der Waals surface area contributed by atoms with E-state index in [4.69, 9.17) is 21.7 Å². The molecule has 0 saturated heterocycles. The predicted octanol–water partition coefficient (Wildman–Crippen LogP) is 3.65. The Hall–Kier alpha value is -3.00. The van der Waals surface area contributed by atoms with E-state index in [2.05, 4.69) is 22.8 Å². The van der Waals surface area contributed by atoms with E-state index in [9.17, 15) is 9.18 Å². The van der Waals surface area contributed by atoms with Crippen molar-refractivity contribution in [2.45, 2.75) is 19.8 Å². The lowest BCUT2D eigenvalue weighted by molar-refractivity contribution is 0.0729. The molecule has 6 nitrogen and oxygen atoms in total. The maximum atomic E-state index is 13.0. The molecule has 2 aromatic carbocycles. The standard InChI is InChI=1S/C20H22FN3O3S/c1-3-4-11-22-20(28)24-23-13-14-5-10-17(18(12-14)26-2)27-19(25)15-6-8-16(21)9-7-15/h5-10,12-13H,3-4,11H2,1-2H3,(H2,22,24,28). The highest BCUT2D eigenvalue weighted by Gasteiger charge is 2.13. The first-order valence-corrected chi connectivity index (χ1v) is 9.17. The summed E-state index contributed by atoms with van der Waals surface area (Å²) in [6.45, 7) is 2.89. The van der Waals surface area contributed by atoms with Gasteiger partial charge in [-0.05, 0) is 66.7 Å². The number of methoxy groups -OCH3 is 1. The van der Waals surface area contributed by atoms with Crippen LogP contribution < -0.4 is 20.2 Å². The topological polar surface area (TPSA) is 72.0 Å². The van der Waals surface area contributed by atoms with Crippen molar-refractivity contribution in [2.75, 3.05) is 13.7 Å². The van der Waals surface area contributed by atoms with E-state index in [1.165, 1.54) is 31.4 Å². The van der Waals surface area contributed by atoms with Crippen molar-refractivity contribution in [3.8, 4) is 11.5 Å². The van der Waals surface area contributed by atoms with Crippen LogP contribution in [0.25, 0.3) is 0 Å². The van der Waals surface area contributed by atoms with Gasteiger partial charge in [0.05, 0.1) is 18.9 Å². The van der Waals surface area contributed by atoms with E-state index < -0.39 is 11.8 Å². The van der Waals surface area contributed by atoms with Crippen LogP contribution in [0.5, 0.6) is 11.5 Å². The quantitative estimate of drug-likeness (QED) is 0.175. The van der Waals surface area contributed by atoms with Gasteiger partial charge >= 0.3 is 5.97 Å². The molecule has 0 unspecified atom stereocenters. The third kappa shape index (κ3) is 6.62. The molecule has 2 rings (SSSR count). The van der Waals surface area contributed by atoms with E-state index in [1.54, 1.807) is 24.4 Å². The molecule has 0 fully saturated rings. The lowest BCUT2D eigenvalue weighted by Crippen LogP contribution is -2.32. The first-order chi connectivity index (χ1) is 13.5. The Morgan fingerprint density at radius 1 is 1.21 bits per heavy atom. The van der Waals surface area contributed by atoms with E-state index in [1.807, 2.05) is 0 Å². The minimum absolute atomic E-state index is 0.238. The fourth-order valence-corrected chi connectivity index (χ4v) is 2.33. The summed E-state index contributed by atoms with van der Waals surface area (Å²) < 4.78 is 23.6. The molecule has 0 heterocycles. The molecule has 0 aromatic heterocycles. The molecule has 2 N–H and O–H groups in total. The molecule has 0 radical (unpaired) electrons.